The van der Waals surface area contributed by atoms with Gasteiger partial charge in [-0.3, -0.25) is 0 Å². The molecule has 4 heteroatoms. The number of anilines is 1. The van der Waals surface area contributed by atoms with Crippen LogP contribution in [0.3, 0.4) is 0 Å². The van der Waals surface area contributed by atoms with Crippen LogP contribution in [0.1, 0.15) is 32.3 Å². The van der Waals surface area contributed by atoms with E-state index in [2.05, 4.69) is 6.92 Å². The maximum absolute atomic E-state index is 14.1. The highest BCUT2D eigenvalue weighted by Crippen LogP contribution is 2.29. The topological polar surface area (TPSA) is 29.3 Å². The van der Waals surface area contributed by atoms with E-state index in [9.17, 15) is 8.78 Å². The lowest BCUT2D eigenvalue weighted by molar-refractivity contribution is 0.429. The molecule has 2 rings (SSSR count). The summed E-state index contributed by atoms with van der Waals surface area (Å²) in [6.45, 7) is 5.45. The molecule has 1 saturated heterocycles. The SMILES string of the molecule is CC(N)Cc1cc(F)c(N2CCC(C)CC2)c(F)c1. The fraction of sp³-hybridized carbons (Fsp3) is 0.600. The van der Waals surface area contributed by atoms with E-state index in [1.165, 1.54) is 12.1 Å². The molecule has 0 radical (unpaired) electrons. The molecule has 1 atom stereocenters. The number of hydrogen-bond acceptors (Lipinski definition) is 2. The van der Waals surface area contributed by atoms with Crippen molar-refractivity contribution in [1.29, 1.82) is 0 Å². The summed E-state index contributed by atoms with van der Waals surface area (Å²) in [7, 11) is 0. The van der Waals surface area contributed by atoms with Gasteiger partial charge in [0.05, 0.1) is 0 Å². The Balaban J connectivity index is 2.21. The molecule has 0 aromatic heterocycles. The van der Waals surface area contributed by atoms with E-state index in [1.807, 2.05) is 11.8 Å². The van der Waals surface area contributed by atoms with Crippen molar-refractivity contribution in [2.75, 3.05) is 18.0 Å². The Morgan fingerprint density at radius 3 is 2.26 bits per heavy atom. The van der Waals surface area contributed by atoms with Crippen LogP contribution >= 0.6 is 0 Å². The van der Waals surface area contributed by atoms with Crippen LogP contribution < -0.4 is 10.6 Å². The van der Waals surface area contributed by atoms with Gasteiger partial charge in [-0.05, 0) is 49.8 Å². The molecule has 1 aliphatic heterocycles. The highest BCUT2D eigenvalue weighted by Gasteiger charge is 2.22. The van der Waals surface area contributed by atoms with Crippen molar-refractivity contribution in [3.63, 3.8) is 0 Å². The predicted octanol–water partition coefficient (Wildman–Crippen LogP) is 3.09. The summed E-state index contributed by atoms with van der Waals surface area (Å²) >= 11 is 0. The van der Waals surface area contributed by atoms with E-state index in [0.29, 0.717) is 17.9 Å². The first-order chi connectivity index (χ1) is 8.97. The summed E-state index contributed by atoms with van der Waals surface area (Å²) in [5.41, 5.74) is 6.41. The maximum Gasteiger partial charge on any atom is 0.149 e. The average molecular weight is 268 g/mol. The van der Waals surface area contributed by atoms with Gasteiger partial charge in [0.2, 0.25) is 0 Å². The fourth-order valence-corrected chi connectivity index (χ4v) is 2.64. The third-order valence-corrected chi connectivity index (χ3v) is 3.73. The third-order valence-electron chi connectivity index (χ3n) is 3.73. The molecule has 2 N–H and O–H groups in total. The molecule has 0 bridgehead atoms. The number of hydrogen-bond donors (Lipinski definition) is 1. The van der Waals surface area contributed by atoms with E-state index >= 15 is 0 Å². The van der Waals surface area contributed by atoms with Crippen LogP contribution in [-0.4, -0.2) is 19.1 Å². The van der Waals surface area contributed by atoms with Gasteiger partial charge >= 0.3 is 0 Å². The Morgan fingerprint density at radius 2 is 1.79 bits per heavy atom. The van der Waals surface area contributed by atoms with Gasteiger partial charge in [-0.15, -0.1) is 0 Å². The van der Waals surface area contributed by atoms with Gasteiger partial charge in [0.25, 0.3) is 0 Å². The molecule has 1 fully saturated rings. The first-order valence-electron chi connectivity index (χ1n) is 6.96. The highest BCUT2D eigenvalue weighted by molar-refractivity contribution is 5.51. The number of nitrogens with zero attached hydrogens (tertiary/aromatic N) is 1. The van der Waals surface area contributed by atoms with Gasteiger partial charge in [0.1, 0.15) is 17.3 Å². The lowest BCUT2D eigenvalue weighted by atomic mass is 9.98. The van der Waals surface area contributed by atoms with Crippen LogP contribution in [0.4, 0.5) is 14.5 Å². The molecule has 2 nitrogen and oxygen atoms in total. The molecule has 0 aliphatic carbocycles. The molecular weight excluding hydrogens is 246 g/mol. The minimum Gasteiger partial charge on any atom is -0.367 e. The number of benzene rings is 1. The average Bonchev–Trinajstić information content (AvgIpc) is 2.29. The van der Waals surface area contributed by atoms with Crippen LogP contribution in [-0.2, 0) is 6.42 Å². The van der Waals surface area contributed by atoms with Crippen molar-refractivity contribution >= 4 is 5.69 Å². The second kappa shape index (κ2) is 5.87. The normalized spacial score (nSPS) is 18.7. The van der Waals surface area contributed by atoms with E-state index in [1.54, 1.807) is 0 Å². The summed E-state index contributed by atoms with van der Waals surface area (Å²) in [5, 5.41) is 0. The minimum absolute atomic E-state index is 0.0968. The van der Waals surface area contributed by atoms with Gasteiger partial charge in [-0.1, -0.05) is 6.92 Å². The van der Waals surface area contributed by atoms with E-state index in [4.69, 9.17) is 5.73 Å². The Labute approximate surface area is 113 Å². The second-order valence-electron chi connectivity index (χ2n) is 5.76. The van der Waals surface area contributed by atoms with Crippen LogP contribution in [0.25, 0.3) is 0 Å². The molecule has 0 spiro atoms. The van der Waals surface area contributed by atoms with Gasteiger partial charge < -0.3 is 10.6 Å². The molecular formula is C15H22F2N2. The van der Waals surface area contributed by atoms with E-state index in [-0.39, 0.29) is 11.7 Å². The van der Waals surface area contributed by atoms with Crippen molar-refractivity contribution in [1.82, 2.24) is 0 Å². The Bertz CT molecular complexity index is 415. The maximum atomic E-state index is 14.1. The zero-order valence-corrected chi connectivity index (χ0v) is 11.6. The highest BCUT2D eigenvalue weighted by atomic mass is 19.1. The van der Waals surface area contributed by atoms with Crippen LogP contribution in [0, 0.1) is 17.6 Å². The quantitative estimate of drug-likeness (QED) is 0.912. The summed E-state index contributed by atoms with van der Waals surface area (Å²) in [5.74, 6) is -0.296. The summed E-state index contributed by atoms with van der Waals surface area (Å²) < 4.78 is 28.2. The minimum atomic E-state index is -0.467. The molecule has 1 aliphatic rings. The zero-order valence-electron chi connectivity index (χ0n) is 11.6. The summed E-state index contributed by atoms with van der Waals surface area (Å²) in [4.78, 5) is 1.82. The molecule has 0 amide bonds. The van der Waals surface area contributed by atoms with E-state index in [0.717, 1.165) is 25.9 Å². The number of rotatable bonds is 3. The Hall–Kier alpha value is -1.16. The lowest BCUT2D eigenvalue weighted by Crippen LogP contribution is -2.34. The lowest BCUT2D eigenvalue weighted by Gasteiger charge is -2.32. The Kier molecular flexibility index (Phi) is 4.40. The van der Waals surface area contributed by atoms with E-state index < -0.39 is 11.6 Å². The fourth-order valence-electron chi connectivity index (χ4n) is 2.64. The van der Waals surface area contributed by atoms with Gasteiger partial charge in [0.15, 0.2) is 0 Å². The van der Waals surface area contributed by atoms with Crippen molar-refractivity contribution in [2.45, 2.75) is 39.2 Å². The van der Waals surface area contributed by atoms with Gasteiger partial charge in [-0.2, -0.15) is 0 Å². The molecule has 106 valence electrons. The van der Waals surface area contributed by atoms with Crippen molar-refractivity contribution in [2.24, 2.45) is 11.7 Å². The molecule has 1 aromatic carbocycles. The third kappa shape index (κ3) is 3.44. The van der Waals surface area contributed by atoms with Crippen molar-refractivity contribution in [3.8, 4) is 0 Å². The molecule has 19 heavy (non-hydrogen) atoms. The number of piperidine rings is 1. The van der Waals surface area contributed by atoms with Gasteiger partial charge in [0, 0.05) is 19.1 Å². The molecule has 1 aromatic rings. The van der Waals surface area contributed by atoms with Crippen LogP contribution in [0.15, 0.2) is 12.1 Å². The van der Waals surface area contributed by atoms with Crippen molar-refractivity contribution < 1.29 is 8.78 Å². The van der Waals surface area contributed by atoms with Crippen molar-refractivity contribution in [3.05, 3.63) is 29.3 Å². The monoisotopic (exact) mass is 268 g/mol. The first-order valence-corrected chi connectivity index (χ1v) is 6.96. The summed E-state index contributed by atoms with van der Waals surface area (Å²) in [6, 6.07) is 2.74. The zero-order chi connectivity index (χ0) is 14.0. The van der Waals surface area contributed by atoms with Crippen LogP contribution in [0.5, 0.6) is 0 Å². The number of halogens is 2. The second-order valence-corrected chi connectivity index (χ2v) is 5.76. The van der Waals surface area contributed by atoms with Crippen LogP contribution in [0.2, 0.25) is 0 Å². The molecule has 0 saturated carbocycles. The molecule has 1 unspecified atom stereocenters. The molecule has 1 heterocycles. The Morgan fingerprint density at radius 1 is 1.26 bits per heavy atom. The smallest absolute Gasteiger partial charge is 0.149 e. The summed E-state index contributed by atoms with van der Waals surface area (Å²) in [6.07, 6.45) is 2.46. The number of nitrogens with two attached hydrogens (primary N) is 1. The van der Waals surface area contributed by atoms with Gasteiger partial charge in [-0.25, -0.2) is 8.78 Å². The largest absolute Gasteiger partial charge is 0.367 e. The predicted molar refractivity (Wildman–Crippen MR) is 74.3 cm³/mol. The standard InChI is InChI=1S/C15H22F2N2/c1-10-3-5-19(6-4-10)15-13(16)8-12(7-11(2)18)9-14(15)17/h8-11H,3-7,18H2,1-2H3. The first kappa shape index (κ1) is 14.3.